The average molecular weight is 271 g/mol. The van der Waals surface area contributed by atoms with Crippen molar-refractivity contribution >= 4 is 11.7 Å². The maximum absolute atomic E-state index is 11.8. The van der Waals surface area contributed by atoms with Gasteiger partial charge in [0.15, 0.2) is 0 Å². The van der Waals surface area contributed by atoms with Crippen LogP contribution < -0.4 is 10.2 Å². The molecule has 0 aromatic heterocycles. The Kier molecular flexibility index (Phi) is 4.52. The summed E-state index contributed by atoms with van der Waals surface area (Å²) in [5.41, 5.74) is 3.89. The number of terminal acetylenes is 1. The van der Waals surface area contributed by atoms with E-state index in [2.05, 4.69) is 48.2 Å². The van der Waals surface area contributed by atoms with Crippen molar-refractivity contribution in [3.8, 4) is 12.3 Å². The predicted octanol–water partition coefficient (Wildman–Crippen LogP) is 1.77. The number of hydrogen-bond donors (Lipinski definition) is 1. The van der Waals surface area contributed by atoms with Gasteiger partial charge < -0.3 is 15.1 Å². The summed E-state index contributed by atoms with van der Waals surface area (Å²) in [5.74, 6) is 2.42. The largest absolute Gasteiger partial charge is 0.368 e. The Morgan fingerprint density at radius 1 is 1.30 bits per heavy atom. The lowest BCUT2D eigenvalue weighted by atomic mass is 10.1. The maximum Gasteiger partial charge on any atom is 0.318 e. The highest BCUT2D eigenvalue weighted by Gasteiger charge is 2.21. The van der Waals surface area contributed by atoms with Gasteiger partial charge in [-0.3, -0.25) is 0 Å². The van der Waals surface area contributed by atoms with Gasteiger partial charge in [-0.1, -0.05) is 18.1 Å². The minimum Gasteiger partial charge on any atom is -0.368 e. The number of hydrogen-bond acceptors (Lipinski definition) is 2. The number of nitrogens with zero attached hydrogens (tertiary/aromatic N) is 2. The van der Waals surface area contributed by atoms with Gasteiger partial charge in [-0.25, -0.2) is 4.79 Å². The number of urea groups is 1. The molecule has 4 heteroatoms. The molecule has 1 N–H and O–H groups in total. The smallest absolute Gasteiger partial charge is 0.318 e. The summed E-state index contributed by atoms with van der Waals surface area (Å²) in [7, 11) is 0. The van der Waals surface area contributed by atoms with Crippen molar-refractivity contribution in [2.75, 3.05) is 37.6 Å². The highest BCUT2D eigenvalue weighted by molar-refractivity contribution is 5.75. The van der Waals surface area contributed by atoms with E-state index in [1.54, 1.807) is 0 Å². The van der Waals surface area contributed by atoms with Crippen LogP contribution in [0.2, 0.25) is 0 Å². The van der Waals surface area contributed by atoms with Gasteiger partial charge in [-0.15, -0.1) is 6.42 Å². The van der Waals surface area contributed by atoms with E-state index in [1.807, 2.05) is 4.90 Å². The zero-order chi connectivity index (χ0) is 14.5. The zero-order valence-electron chi connectivity index (χ0n) is 12.1. The van der Waals surface area contributed by atoms with E-state index < -0.39 is 0 Å². The first-order valence-corrected chi connectivity index (χ1v) is 6.91. The van der Waals surface area contributed by atoms with Crippen molar-refractivity contribution in [3.63, 3.8) is 0 Å². The molecule has 1 heterocycles. The predicted molar refractivity (Wildman–Crippen MR) is 81.9 cm³/mol. The first-order chi connectivity index (χ1) is 9.63. The van der Waals surface area contributed by atoms with Gasteiger partial charge in [-0.2, -0.15) is 0 Å². The Morgan fingerprint density at radius 2 is 2.00 bits per heavy atom. The lowest BCUT2D eigenvalue weighted by molar-refractivity contribution is 0.195. The maximum atomic E-state index is 11.8. The van der Waals surface area contributed by atoms with Crippen molar-refractivity contribution in [3.05, 3.63) is 29.3 Å². The van der Waals surface area contributed by atoms with E-state index in [9.17, 15) is 4.79 Å². The lowest BCUT2D eigenvalue weighted by Gasteiger charge is -2.36. The Hall–Kier alpha value is -2.15. The van der Waals surface area contributed by atoms with Gasteiger partial charge in [-0.05, 0) is 31.0 Å². The van der Waals surface area contributed by atoms with Crippen LogP contribution in [0.15, 0.2) is 18.2 Å². The molecule has 0 atom stereocenters. The number of nitrogens with one attached hydrogen (secondary N) is 1. The minimum absolute atomic E-state index is 0.0661. The molecule has 1 aliphatic heterocycles. The lowest BCUT2D eigenvalue weighted by Crippen LogP contribution is -2.52. The molecular formula is C16H21N3O. The molecule has 1 aliphatic rings. The fourth-order valence-corrected chi connectivity index (χ4v) is 2.47. The molecule has 0 unspecified atom stereocenters. The monoisotopic (exact) mass is 271 g/mol. The fourth-order valence-electron chi connectivity index (χ4n) is 2.47. The normalized spacial score (nSPS) is 14.8. The molecule has 4 nitrogen and oxygen atoms in total. The second-order valence-corrected chi connectivity index (χ2v) is 5.06. The van der Waals surface area contributed by atoms with E-state index >= 15 is 0 Å². The molecule has 106 valence electrons. The standard InChI is InChI=1S/C16H21N3O/c1-4-8-17-16(20)19-11-9-18(10-12-19)15-7-5-6-13(2)14(15)3/h1,5-7H,8-12H2,2-3H3,(H,17,20). The Morgan fingerprint density at radius 3 is 2.65 bits per heavy atom. The topological polar surface area (TPSA) is 35.6 Å². The molecule has 2 amide bonds. The van der Waals surface area contributed by atoms with Gasteiger partial charge in [0, 0.05) is 31.9 Å². The third-order valence-electron chi connectivity index (χ3n) is 3.83. The number of carbonyl (C=O) groups excluding carboxylic acids is 1. The summed E-state index contributed by atoms with van der Waals surface area (Å²) >= 11 is 0. The first kappa shape index (κ1) is 14.3. The molecule has 1 saturated heterocycles. The van der Waals surface area contributed by atoms with Crippen LogP contribution in [0.3, 0.4) is 0 Å². The molecule has 0 radical (unpaired) electrons. The number of aryl methyl sites for hydroxylation is 1. The van der Waals surface area contributed by atoms with Gasteiger partial charge >= 0.3 is 6.03 Å². The highest BCUT2D eigenvalue weighted by atomic mass is 16.2. The average Bonchev–Trinajstić information content (AvgIpc) is 2.48. The molecule has 1 fully saturated rings. The second kappa shape index (κ2) is 6.33. The van der Waals surface area contributed by atoms with Crippen LogP contribution in [0.25, 0.3) is 0 Å². The van der Waals surface area contributed by atoms with E-state index in [4.69, 9.17) is 6.42 Å². The summed E-state index contributed by atoms with van der Waals surface area (Å²) in [6.07, 6.45) is 5.14. The van der Waals surface area contributed by atoms with Crippen molar-refractivity contribution < 1.29 is 4.79 Å². The summed E-state index contributed by atoms with van der Waals surface area (Å²) in [6.45, 7) is 7.73. The van der Waals surface area contributed by atoms with Gasteiger partial charge in [0.25, 0.3) is 0 Å². The molecule has 20 heavy (non-hydrogen) atoms. The molecule has 0 aliphatic carbocycles. The van der Waals surface area contributed by atoms with E-state index in [0.717, 1.165) is 26.2 Å². The molecular weight excluding hydrogens is 250 g/mol. The zero-order valence-corrected chi connectivity index (χ0v) is 12.1. The Labute approximate surface area is 120 Å². The van der Waals surface area contributed by atoms with Crippen molar-refractivity contribution in [2.45, 2.75) is 13.8 Å². The molecule has 2 rings (SSSR count). The second-order valence-electron chi connectivity index (χ2n) is 5.06. The van der Waals surface area contributed by atoms with Crippen molar-refractivity contribution in [1.29, 1.82) is 0 Å². The van der Waals surface area contributed by atoms with E-state index in [0.29, 0.717) is 0 Å². The van der Waals surface area contributed by atoms with Crippen LogP contribution in [-0.4, -0.2) is 43.7 Å². The number of benzene rings is 1. The van der Waals surface area contributed by atoms with Crippen LogP contribution in [-0.2, 0) is 0 Å². The van der Waals surface area contributed by atoms with Crippen molar-refractivity contribution in [1.82, 2.24) is 10.2 Å². The van der Waals surface area contributed by atoms with Crippen LogP contribution in [0.1, 0.15) is 11.1 Å². The van der Waals surface area contributed by atoms with Gasteiger partial charge in [0.1, 0.15) is 0 Å². The third kappa shape index (κ3) is 3.05. The number of amides is 2. The molecule has 0 bridgehead atoms. The highest BCUT2D eigenvalue weighted by Crippen LogP contribution is 2.23. The fraction of sp³-hybridized carbons (Fsp3) is 0.438. The van der Waals surface area contributed by atoms with Gasteiger partial charge in [0.2, 0.25) is 0 Å². The summed E-state index contributed by atoms with van der Waals surface area (Å²) in [5, 5.41) is 2.71. The van der Waals surface area contributed by atoms with Crippen molar-refractivity contribution in [2.24, 2.45) is 0 Å². The first-order valence-electron chi connectivity index (χ1n) is 6.91. The Balaban J connectivity index is 1.96. The minimum atomic E-state index is -0.0661. The number of rotatable bonds is 2. The Bertz CT molecular complexity index is 525. The number of anilines is 1. The van der Waals surface area contributed by atoms with E-state index in [-0.39, 0.29) is 12.6 Å². The van der Waals surface area contributed by atoms with Crippen LogP contribution in [0.4, 0.5) is 10.5 Å². The van der Waals surface area contributed by atoms with Crippen LogP contribution >= 0.6 is 0 Å². The van der Waals surface area contributed by atoms with Gasteiger partial charge in [0.05, 0.1) is 6.54 Å². The molecule has 1 aromatic rings. The third-order valence-corrected chi connectivity index (χ3v) is 3.83. The summed E-state index contributed by atoms with van der Waals surface area (Å²) < 4.78 is 0. The number of carbonyl (C=O) groups is 1. The van der Waals surface area contributed by atoms with Crippen LogP contribution in [0, 0.1) is 26.2 Å². The van der Waals surface area contributed by atoms with E-state index in [1.165, 1.54) is 16.8 Å². The summed E-state index contributed by atoms with van der Waals surface area (Å²) in [6, 6.07) is 6.30. The summed E-state index contributed by atoms with van der Waals surface area (Å²) in [4.78, 5) is 16.0. The molecule has 0 spiro atoms. The quantitative estimate of drug-likeness (QED) is 0.832. The molecule has 1 aromatic carbocycles. The number of piperazine rings is 1. The molecule has 0 saturated carbocycles. The SMILES string of the molecule is C#CCNC(=O)N1CCN(c2cccc(C)c2C)CC1. The van der Waals surface area contributed by atoms with Crippen LogP contribution in [0.5, 0.6) is 0 Å².